The van der Waals surface area contributed by atoms with Crippen molar-refractivity contribution in [3.63, 3.8) is 0 Å². The molecule has 6 rings (SSSR count). The summed E-state index contributed by atoms with van der Waals surface area (Å²) in [4.78, 5) is 12.9. The number of epoxide rings is 1. The molecule has 1 aromatic heterocycles. The van der Waals surface area contributed by atoms with E-state index in [-0.39, 0.29) is 35.6 Å². The van der Waals surface area contributed by atoms with Gasteiger partial charge in [-0.15, -0.1) is 0 Å². The first-order valence-electron chi connectivity index (χ1n) is 11.9. The van der Waals surface area contributed by atoms with Crippen LogP contribution in [0.4, 0.5) is 0 Å². The highest BCUT2D eigenvalue weighted by Crippen LogP contribution is 2.71. The Morgan fingerprint density at radius 1 is 1.16 bits per heavy atom. The number of benzene rings is 1. The van der Waals surface area contributed by atoms with Gasteiger partial charge in [-0.1, -0.05) is 45.9 Å². The van der Waals surface area contributed by atoms with Crippen LogP contribution in [-0.2, 0) is 15.9 Å². The Kier molecular flexibility index (Phi) is 4.15. The molecule has 32 heavy (non-hydrogen) atoms. The van der Waals surface area contributed by atoms with E-state index in [0.29, 0.717) is 17.4 Å². The second-order valence-electron chi connectivity index (χ2n) is 11.2. The molecule has 1 aromatic carbocycles. The minimum Gasteiger partial charge on any atom is -0.469 e. The van der Waals surface area contributed by atoms with Gasteiger partial charge >= 0.3 is 5.97 Å². The number of fused-ring (bicyclic) bond motifs is 7. The van der Waals surface area contributed by atoms with Crippen LogP contribution in [0.3, 0.4) is 0 Å². The van der Waals surface area contributed by atoms with Crippen LogP contribution >= 0.6 is 0 Å². The van der Waals surface area contributed by atoms with Crippen LogP contribution in [0.1, 0.15) is 68.1 Å². The molecule has 170 valence electrons. The number of aliphatic hydroxyl groups is 1. The van der Waals surface area contributed by atoms with Crippen molar-refractivity contribution in [2.75, 3.05) is 0 Å². The Morgan fingerprint density at radius 3 is 2.66 bits per heavy atom. The van der Waals surface area contributed by atoms with E-state index in [4.69, 9.17) is 13.9 Å². The van der Waals surface area contributed by atoms with Gasteiger partial charge in [0.05, 0.1) is 17.9 Å². The Bertz CT molecular complexity index is 1060. The first-order valence-corrected chi connectivity index (χ1v) is 11.9. The summed E-state index contributed by atoms with van der Waals surface area (Å²) in [5, 5.41) is 12.5. The number of ether oxygens (including phenoxy) is 2. The summed E-state index contributed by atoms with van der Waals surface area (Å²) in [5.41, 5.74) is -0.261. The van der Waals surface area contributed by atoms with Gasteiger partial charge in [0.2, 0.25) is 0 Å². The molecule has 0 bridgehead atoms. The maximum Gasteiger partial charge on any atom is 0.338 e. The number of carbonyl (C=O) groups is 1. The zero-order valence-corrected chi connectivity index (χ0v) is 19.2. The average Bonchev–Trinajstić information content (AvgIpc) is 3.43. The lowest BCUT2D eigenvalue weighted by molar-refractivity contribution is -0.261. The molecular weight excluding hydrogens is 404 g/mol. The largest absolute Gasteiger partial charge is 0.469 e. The van der Waals surface area contributed by atoms with Crippen LogP contribution in [0, 0.1) is 22.7 Å². The molecule has 8 atom stereocenters. The fourth-order valence-electron chi connectivity index (χ4n) is 7.83. The molecular formula is C27H32O5. The Hall–Kier alpha value is -2.11. The average molecular weight is 437 g/mol. The molecule has 0 amide bonds. The summed E-state index contributed by atoms with van der Waals surface area (Å²) in [6, 6.07) is 11.2. The number of hydrogen-bond donors (Lipinski definition) is 1. The van der Waals surface area contributed by atoms with Crippen LogP contribution in [-0.4, -0.2) is 35.0 Å². The zero-order valence-electron chi connectivity index (χ0n) is 19.2. The lowest BCUT2D eigenvalue weighted by Gasteiger charge is -2.65. The second-order valence-corrected chi connectivity index (χ2v) is 11.2. The van der Waals surface area contributed by atoms with E-state index in [0.717, 1.165) is 25.0 Å². The maximum atomic E-state index is 12.9. The SMILES string of the molecule is C[C@H]1c2ccoc2C[C@H]2[C@H]1[C@H]1O[C@H]1[C@@]1(O)C(C)(C)[C@@H](OC(=O)c3ccccc3)CC[C@]21C. The number of hydrogen-bond acceptors (Lipinski definition) is 5. The van der Waals surface area contributed by atoms with Gasteiger partial charge in [-0.05, 0) is 54.4 Å². The summed E-state index contributed by atoms with van der Waals surface area (Å²) in [5.74, 6) is 1.70. The van der Waals surface area contributed by atoms with Gasteiger partial charge in [-0.2, -0.15) is 0 Å². The molecule has 1 N–H and O–H groups in total. The second kappa shape index (κ2) is 6.48. The highest BCUT2D eigenvalue weighted by atomic mass is 16.6. The molecule has 4 aliphatic rings. The number of esters is 1. The maximum absolute atomic E-state index is 12.9. The lowest BCUT2D eigenvalue weighted by Crippen LogP contribution is -2.73. The van der Waals surface area contributed by atoms with Crippen molar-refractivity contribution in [1.82, 2.24) is 0 Å². The van der Waals surface area contributed by atoms with Crippen LogP contribution in [0.5, 0.6) is 0 Å². The lowest BCUT2D eigenvalue weighted by atomic mass is 9.41. The predicted molar refractivity (Wildman–Crippen MR) is 118 cm³/mol. The van der Waals surface area contributed by atoms with E-state index in [1.165, 1.54) is 5.56 Å². The van der Waals surface area contributed by atoms with Crippen molar-refractivity contribution >= 4 is 5.97 Å². The van der Waals surface area contributed by atoms with Crippen molar-refractivity contribution in [3.8, 4) is 0 Å². The first kappa shape index (κ1) is 20.5. The third-order valence-corrected chi connectivity index (χ3v) is 9.70. The standard InChI is InChI=1S/C27H32O5/c1-15-17-11-13-30-19(17)14-18-21(15)22-23(32-22)27(29)25(2,3)20(10-12-26(18,27)4)31-24(28)16-8-6-5-7-9-16/h5-9,11,13,15,18,20-23,29H,10,12,14H2,1-4H3/t15-,18-,20-,21-,22+,23+,26+,27+/m0/s1. The van der Waals surface area contributed by atoms with Gasteiger partial charge in [0, 0.05) is 17.3 Å². The number of furan rings is 1. The van der Waals surface area contributed by atoms with Crippen molar-refractivity contribution in [2.45, 2.75) is 76.8 Å². The molecule has 3 fully saturated rings. The monoisotopic (exact) mass is 436 g/mol. The van der Waals surface area contributed by atoms with Crippen LogP contribution in [0.25, 0.3) is 0 Å². The van der Waals surface area contributed by atoms with Gasteiger partial charge in [-0.25, -0.2) is 4.79 Å². The van der Waals surface area contributed by atoms with E-state index < -0.39 is 11.0 Å². The van der Waals surface area contributed by atoms with Gasteiger partial charge < -0.3 is 19.0 Å². The Morgan fingerprint density at radius 2 is 1.91 bits per heavy atom. The molecule has 5 nitrogen and oxygen atoms in total. The quantitative estimate of drug-likeness (QED) is 0.544. The van der Waals surface area contributed by atoms with Gasteiger partial charge in [-0.3, -0.25) is 0 Å². The molecule has 3 aliphatic carbocycles. The van der Waals surface area contributed by atoms with Gasteiger partial charge in [0.15, 0.2) is 0 Å². The summed E-state index contributed by atoms with van der Waals surface area (Å²) >= 11 is 0. The van der Waals surface area contributed by atoms with Gasteiger partial charge in [0.25, 0.3) is 0 Å². The minimum absolute atomic E-state index is 0.0407. The number of rotatable bonds is 2. The smallest absolute Gasteiger partial charge is 0.338 e. The van der Waals surface area contributed by atoms with Crippen LogP contribution < -0.4 is 0 Å². The summed E-state index contributed by atoms with van der Waals surface area (Å²) in [7, 11) is 0. The molecule has 2 aromatic rings. The zero-order chi connectivity index (χ0) is 22.5. The highest BCUT2D eigenvalue weighted by Gasteiger charge is 2.79. The van der Waals surface area contributed by atoms with E-state index in [1.54, 1.807) is 18.4 Å². The molecule has 1 aliphatic heterocycles. The molecule has 5 heteroatoms. The molecule has 0 radical (unpaired) electrons. The van der Waals surface area contributed by atoms with E-state index in [1.807, 2.05) is 18.2 Å². The van der Waals surface area contributed by atoms with E-state index in [2.05, 4.69) is 33.8 Å². The fourth-order valence-corrected chi connectivity index (χ4v) is 7.83. The van der Waals surface area contributed by atoms with Crippen LogP contribution in [0.15, 0.2) is 47.1 Å². The summed E-state index contributed by atoms with van der Waals surface area (Å²) in [6.45, 7) is 8.62. The van der Waals surface area contributed by atoms with Gasteiger partial charge in [0.1, 0.15) is 23.6 Å². The Labute approximate surface area is 189 Å². The van der Waals surface area contributed by atoms with Crippen molar-refractivity contribution in [3.05, 3.63) is 59.5 Å². The van der Waals surface area contributed by atoms with E-state index in [9.17, 15) is 9.90 Å². The predicted octanol–water partition coefficient (Wildman–Crippen LogP) is 4.74. The molecule has 2 saturated carbocycles. The molecule has 1 saturated heterocycles. The van der Waals surface area contributed by atoms with Crippen LogP contribution in [0.2, 0.25) is 0 Å². The minimum atomic E-state index is -1.09. The summed E-state index contributed by atoms with van der Waals surface area (Å²) < 4.78 is 18.2. The fraction of sp³-hybridized carbons (Fsp3) is 0.593. The number of carbonyl (C=O) groups excluding carboxylic acids is 1. The Balaban J connectivity index is 1.36. The summed E-state index contributed by atoms with van der Waals surface area (Å²) in [6.07, 6.45) is 3.57. The van der Waals surface area contributed by atoms with Crippen molar-refractivity contribution < 1.29 is 23.8 Å². The normalized spacial score (nSPS) is 43.3. The third-order valence-electron chi connectivity index (χ3n) is 9.70. The third kappa shape index (κ3) is 2.39. The molecule has 2 heterocycles. The molecule has 0 spiro atoms. The highest BCUT2D eigenvalue weighted by molar-refractivity contribution is 5.89. The molecule has 0 unspecified atom stereocenters. The van der Waals surface area contributed by atoms with Crippen molar-refractivity contribution in [1.29, 1.82) is 0 Å². The van der Waals surface area contributed by atoms with Crippen molar-refractivity contribution in [2.24, 2.45) is 22.7 Å². The van der Waals surface area contributed by atoms with E-state index >= 15 is 0 Å². The first-order chi connectivity index (χ1) is 15.2. The topological polar surface area (TPSA) is 72.2 Å².